The second-order valence-corrected chi connectivity index (χ2v) is 12.0. The molecule has 1 aliphatic rings. The summed E-state index contributed by atoms with van der Waals surface area (Å²) in [6, 6.07) is 18.2. The summed E-state index contributed by atoms with van der Waals surface area (Å²) in [6.45, 7) is 1.25. The first-order chi connectivity index (χ1) is 21.6. The van der Waals surface area contributed by atoms with E-state index in [4.69, 9.17) is 21.9 Å². The van der Waals surface area contributed by atoms with Crippen LogP contribution in [0.15, 0.2) is 66.7 Å². The van der Waals surface area contributed by atoms with E-state index in [1.165, 1.54) is 43.1 Å². The van der Waals surface area contributed by atoms with E-state index in [1.54, 1.807) is 18.2 Å². The number of alkyl halides is 3. The molecule has 5 N–H and O–H groups in total. The summed E-state index contributed by atoms with van der Waals surface area (Å²) in [6.07, 6.45) is 4.47. The summed E-state index contributed by atoms with van der Waals surface area (Å²) in [5.74, 6) is 1.38. The minimum Gasteiger partial charge on any atom is -0.384 e. The molecular formula is C35H41F3N6O. The van der Waals surface area contributed by atoms with E-state index >= 15 is 0 Å². The number of aromatic nitrogens is 2. The molecule has 7 nitrogen and oxygen atoms in total. The second kappa shape index (κ2) is 14.3. The molecule has 1 saturated carbocycles. The van der Waals surface area contributed by atoms with Gasteiger partial charge in [-0.3, -0.25) is 10.2 Å². The van der Waals surface area contributed by atoms with Crippen LogP contribution in [0.3, 0.4) is 0 Å². The van der Waals surface area contributed by atoms with E-state index in [0.29, 0.717) is 29.0 Å². The molecule has 0 unspecified atom stereocenters. The van der Waals surface area contributed by atoms with E-state index in [9.17, 15) is 18.0 Å². The molecule has 238 valence electrons. The molecule has 0 atom stereocenters. The molecule has 0 bridgehead atoms. The van der Waals surface area contributed by atoms with Crippen LogP contribution < -0.4 is 11.5 Å². The Hall–Kier alpha value is -4.18. The molecule has 1 amide bonds. The Bertz CT molecular complexity index is 1620. The molecule has 0 spiro atoms. The van der Waals surface area contributed by atoms with E-state index in [0.717, 1.165) is 53.9 Å². The number of benzene rings is 3. The van der Waals surface area contributed by atoms with Gasteiger partial charge in [0.25, 0.3) is 5.91 Å². The van der Waals surface area contributed by atoms with Gasteiger partial charge in [-0.15, -0.1) is 0 Å². The highest BCUT2D eigenvalue weighted by Gasteiger charge is 2.30. The summed E-state index contributed by atoms with van der Waals surface area (Å²) < 4.78 is 42.2. The van der Waals surface area contributed by atoms with E-state index < -0.39 is 11.7 Å². The summed E-state index contributed by atoms with van der Waals surface area (Å²) in [7, 11) is 0. The van der Waals surface area contributed by atoms with Crippen molar-refractivity contribution in [2.24, 2.45) is 17.4 Å². The van der Waals surface area contributed by atoms with Crippen molar-refractivity contribution < 1.29 is 18.0 Å². The molecule has 0 aliphatic heterocycles. The number of carbonyl (C=O) groups is 1. The smallest absolute Gasteiger partial charge is 0.384 e. The van der Waals surface area contributed by atoms with Gasteiger partial charge in [0.05, 0.1) is 16.6 Å². The number of halogens is 3. The van der Waals surface area contributed by atoms with E-state index in [2.05, 4.69) is 4.57 Å². The van der Waals surface area contributed by atoms with Crippen LogP contribution in [-0.2, 0) is 32.1 Å². The van der Waals surface area contributed by atoms with Crippen molar-refractivity contribution in [3.63, 3.8) is 0 Å². The van der Waals surface area contributed by atoms with Gasteiger partial charge in [0.2, 0.25) is 0 Å². The zero-order chi connectivity index (χ0) is 32.0. The van der Waals surface area contributed by atoms with Gasteiger partial charge >= 0.3 is 6.18 Å². The van der Waals surface area contributed by atoms with Gasteiger partial charge < -0.3 is 20.9 Å². The maximum absolute atomic E-state index is 13.7. The van der Waals surface area contributed by atoms with Gasteiger partial charge in [0.15, 0.2) is 0 Å². The predicted octanol–water partition coefficient (Wildman–Crippen LogP) is 6.70. The molecule has 1 aliphatic carbocycles. The molecule has 0 radical (unpaired) electrons. The van der Waals surface area contributed by atoms with Crippen LogP contribution in [0.1, 0.15) is 77.0 Å². The summed E-state index contributed by atoms with van der Waals surface area (Å²) in [4.78, 5) is 20.1. The highest BCUT2D eigenvalue weighted by Crippen LogP contribution is 2.31. The van der Waals surface area contributed by atoms with Crippen LogP contribution in [-0.4, -0.2) is 39.3 Å². The van der Waals surface area contributed by atoms with Gasteiger partial charge in [-0.25, -0.2) is 4.98 Å². The van der Waals surface area contributed by atoms with Crippen LogP contribution in [0.5, 0.6) is 0 Å². The number of carbonyl (C=O) groups excluding carboxylic acids is 1. The van der Waals surface area contributed by atoms with Crippen LogP contribution in [0.2, 0.25) is 0 Å². The lowest BCUT2D eigenvalue weighted by atomic mass is 9.87. The van der Waals surface area contributed by atoms with Crippen molar-refractivity contribution in [3.8, 4) is 0 Å². The number of nitrogens with one attached hydrogen (secondary N) is 1. The molecule has 3 aromatic carbocycles. The number of nitrogen functional groups attached to an aromatic ring is 1. The molecule has 0 saturated heterocycles. The first-order valence-corrected chi connectivity index (χ1v) is 15.7. The monoisotopic (exact) mass is 618 g/mol. The Morgan fingerprint density at radius 3 is 2.38 bits per heavy atom. The zero-order valence-corrected chi connectivity index (χ0v) is 25.5. The number of amidine groups is 1. The molecule has 45 heavy (non-hydrogen) atoms. The number of imidazole rings is 1. The summed E-state index contributed by atoms with van der Waals surface area (Å²) in [5.41, 5.74) is 15.0. The predicted molar refractivity (Wildman–Crippen MR) is 171 cm³/mol. The van der Waals surface area contributed by atoms with Crippen molar-refractivity contribution in [2.75, 3.05) is 13.1 Å². The van der Waals surface area contributed by atoms with Gasteiger partial charge in [0, 0.05) is 43.7 Å². The molecule has 1 heterocycles. The number of aryl methyl sites for hydroxylation is 3. The van der Waals surface area contributed by atoms with E-state index in [1.807, 2.05) is 30.3 Å². The number of hydrogen-bond donors (Lipinski definition) is 3. The lowest BCUT2D eigenvalue weighted by Gasteiger charge is -2.23. The average molecular weight is 619 g/mol. The largest absolute Gasteiger partial charge is 0.416 e. The Balaban J connectivity index is 1.40. The van der Waals surface area contributed by atoms with Crippen molar-refractivity contribution in [3.05, 3.63) is 100 Å². The SMILES string of the molecule is N=C(N)c1ccc(CCc2nc3cc(C(=O)N(CCN)Cc4cccc(C(F)(F)F)c4)ccc3n2CCC2CCCCC2)cc1. The summed E-state index contributed by atoms with van der Waals surface area (Å²) in [5, 5.41) is 7.64. The fraction of sp³-hybridized carbons (Fsp3) is 0.400. The first-order valence-electron chi connectivity index (χ1n) is 15.7. The average Bonchev–Trinajstić information content (AvgIpc) is 3.39. The third-order valence-corrected chi connectivity index (χ3v) is 8.78. The second-order valence-electron chi connectivity index (χ2n) is 12.0. The lowest BCUT2D eigenvalue weighted by Crippen LogP contribution is -2.35. The Kier molecular flexibility index (Phi) is 10.2. The fourth-order valence-electron chi connectivity index (χ4n) is 6.30. The van der Waals surface area contributed by atoms with Crippen molar-refractivity contribution in [2.45, 2.75) is 70.6 Å². The van der Waals surface area contributed by atoms with Crippen molar-refractivity contribution >= 4 is 22.8 Å². The number of nitrogens with two attached hydrogens (primary N) is 2. The number of hydrogen-bond acceptors (Lipinski definition) is 4. The van der Waals surface area contributed by atoms with Crippen molar-refractivity contribution in [1.29, 1.82) is 5.41 Å². The Morgan fingerprint density at radius 1 is 0.956 bits per heavy atom. The normalized spacial score (nSPS) is 14.1. The van der Waals surface area contributed by atoms with Crippen LogP contribution >= 0.6 is 0 Å². The molecule has 4 aromatic rings. The number of fused-ring (bicyclic) bond motifs is 1. The summed E-state index contributed by atoms with van der Waals surface area (Å²) >= 11 is 0. The van der Waals surface area contributed by atoms with Crippen LogP contribution in [0.25, 0.3) is 11.0 Å². The molecule has 1 aromatic heterocycles. The third-order valence-electron chi connectivity index (χ3n) is 8.78. The fourth-order valence-corrected chi connectivity index (χ4v) is 6.30. The molecular weight excluding hydrogens is 577 g/mol. The zero-order valence-electron chi connectivity index (χ0n) is 25.5. The van der Waals surface area contributed by atoms with E-state index in [-0.39, 0.29) is 31.4 Å². The number of rotatable bonds is 12. The molecule has 1 fully saturated rings. The van der Waals surface area contributed by atoms with Gasteiger partial charge in [-0.1, -0.05) is 68.5 Å². The Morgan fingerprint density at radius 2 is 1.69 bits per heavy atom. The molecule has 10 heteroatoms. The molecule has 5 rings (SSSR count). The number of nitrogens with zero attached hydrogens (tertiary/aromatic N) is 3. The lowest BCUT2D eigenvalue weighted by molar-refractivity contribution is -0.137. The quantitative estimate of drug-likeness (QED) is 0.121. The minimum atomic E-state index is -4.46. The maximum atomic E-state index is 13.7. The first kappa shape index (κ1) is 32.2. The van der Waals surface area contributed by atoms with Gasteiger partial charge in [0.1, 0.15) is 11.7 Å². The highest BCUT2D eigenvalue weighted by atomic mass is 19.4. The minimum absolute atomic E-state index is 0.0154. The number of amides is 1. The third kappa shape index (κ3) is 8.11. The van der Waals surface area contributed by atoms with Crippen molar-refractivity contribution in [1.82, 2.24) is 14.5 Å². The van der Waals surface area contributed by atoms with Gasteiger partial charge in [-0.2, -0.15) is 13.2 Å². The van der Waals surface area contributed by atoms with Crippen LogP contribution in [0.4, 0.5) is 13.2 Å². The highest BCUT2D eigenvalue weighted by molar-refractivity contribution is 5.97. The topological polar surface area (TPSA) is 114 Å². The van der Waals surface area contributed by atoms with Crippen LogP contribution in [0, 0.1) is 11.3 Å². The maximum Gasteiger partial charge on any atom is 0.416 e. The Labute approximate surface area is 261 Å². The standard InChI is InChI=1S/C35H41F3N6O/c36-35(37,38)29-8-4-7-26(21-29)23-43(20-18-39)34(45)28-14-15-31-30(22-28)42-32(44(31)19-17-24-5-2-1-3-6-24)16-11-25-9-12-27(13-10-25)33(40)41/h4,7-10,12-15,21-22,24H,1-3,5-6,11,16-20,23,39H2,(H3,40,41). The van der Waals surface area contributed by atoms with Gasteiger partial charge in [-0.05, 0) is 60.2 Å².